The first-order valence-corrected chi connectivity index (χ1v) is 5.80. The fourth-order valence-electron chi connectivity index (χ4n) is 1.49. The van der Waals surface area contributed by atoms with Gasteiger partial charge in [0.1, 0.15) is 0 Å². The van der Waals surface area contributed by atoms with E-state index in [2.05, 4.69) is 5.32 Å². The van der Waals surface area contributed by atoms with Crippen molar-refractivity contribution in [2.75, 3.05) is 6.54 Å². The summed E-state index contributed by atoms with van der Waals surface area (Å²) in [6.45, 7) is 3.80. The number of amides is 1. The molecule has 1 aromatic rings. The standard InChI is InChI=1S/C13H17F2NO2/c1-8(2)5-13(18)16-7-12(17)9-3-4-10(14)11(15)6-9/h3-4,6,8,12,17H,5,7H2,1-2H3,(H,16,18). The van der Waals surface area contributed by atoms with Crippen molar-refractivity contribution >= 4 is 5.91 Å². The Morgan fingerprint density at radius 3 is 2.56 bits per heavy atom. The molecule has 0 saturated carbocycles. The molecule has 1 unspecified atom stereocenters. The van der Waals surface area contributed by atoms with Crippen LogP contribution >= 0.6 is 0 Å². The maximum absolute atomic E-state index is 12.9. The molecule has 5 heteroatoms. The van der Waals surface area contributed by atoms with Crippen molar-refractivity contribution in [3.8, 4) is 0 Å². The number of hydrogen-bond acceptors (Lipinski definition) is 2. The molecule has 0 bridgehead atoms. The van der Waals surface area contributed by atoms with Crippen LogP contribution in [0.4, 0.5) is 8.78 Å². The highest BCUT2D eigenvalue weighted by atomic mass is 19.2. The number of carbonyl (C=O) groups is 1. The lowest BCUT2D eigenvalue weighted by atomic mass is 10.1. The third-order valence-corrected chi connectivity index (χ3v) is 2.41. The van der Waals surface area contributed by atoms with Crippen LogP contribution in [0.25, 0.3) is 0 Å². The Kier molecular flexibility index (Phi) is 5.22. The zero-order chi connectivity index (χ0) is 13.7. The Hall–Kier alpha value is -1.49. The number of aliphatic hydroxyl groups is 1. The smallest absolute Gasteiger partial charge is 0.220 e. The molecule has 0 aliphatic carbocycles. The SMILES string of the molecule is CC(C)CC(=O)NCC(O)c1ccc(F)c(F)c1. The second kappa shape index (κ2) is 6.44. The quantitative estimate of drug-likeness (QED) is 0.849. The number of nitrogens with one attached hydrogen (secondary N) is 1. The van der Waals surface area contributed by atoms with Crippen molar-refractivity contribution in [2.45, 2.75) is 26.4 Å². The molecule has 1 aromatic carbocycles. The van der Waals surface area contributed by atoms with Crippen molar-refractivity contribution in [3.05, 3.63) is 35.4 Å². The maximum Gasteiger partial charge on any atom is 0.220 e. The molecule has 1 atom stereocenters. The monoisotopic (exact) mass is 257 g/mol. The van der Waals surface area contributed by atoms with Gasteiger partial charge in [-0.3, -0.25) is 4.79 Å². The molecule has 100 valence electrons. The van der Waals surface area contributed by atoms with Crippen LogP contribution in [0.15, 0.2) is 18.2 Å². The molecule has 3 nitrogen and oxygen atoms in total. The molecule has 1 amide bonds. The van der Waals surface area contributed by atoms with E-state index in [9.17, 15) is 18.7 Å². The summed E-state index contributed by atoms with van der Waals surface area (Å²) in [7, 11) is 0. The van der Waals surface area contributed by atoms with E-state index >= 15 is 0 Å². The summed E-state index contributed by atoms with van der Waals surface area (Å²) in [4.78, 5) is 11.4. The molecule has 0 fully saturated rings. The second-order valence-electron chi connectivity index (χ2n) is 4.59. The summed E-state index contributed by atoms with van der Waals surface area (Å²) in [5, 5.41) is 12.3. The number of aliphatic hydroxyl groups excluding tert-OH is 1. The summed E-state index contributed by atoms with van der Waals surface area (Å²) < 4.78 is 25.6. The van der Waals surface area contributed by atoms with Gasteiger partial charge in [-0.1, -0.05) is 19.9 Å². The Morgan fingerprint density at radius 1 is 1.33 bits per heavy atom. The highest BCUT2D eigenvalue weighted by Gasteiger charge is 2.12. The van der Waals surface area contributed by atoms with Crippen LogP contribution in [-0.2, 0) is 4.79 Å². The van der Waals surface area contributed by atoms with Crippen LogP contribution in [0.5, 0.6) is 0 Å². The Morgan fingerprint density at radius 2 is 2.00 bits per heavy atom. The predicted molar refractivity (Wildman–Crippen MR) is 63.8 cm³/mol. The van der Waals surface area contributed by atoms with Gasteiger partial charge >= 0.3 is 0 Å². The molecule has 1 rings (SSSR count). The van der Waals surface area contributed by atoms with Gasteiger partial charge in [0, 0.05) is 13.0 Å². The summed E-state index contributed by atoms with van der Waals surface area (Å²) in [5.41, 5.74) is 0.235. The van der Waals surface area contributed by atoms with Gasteiger partial charge in [0.15, 0.2) is 11.6 Å². The van der Waals surface area contributed by atoms with Gasteiger partial charge in [-0.15, -0.1) is 0 Å². The molecule has 0 radical (unpaired) electrons. The highest BCUT2D eigenvalue weighted by Crippen LogP contribution is 2.15. The van der Waals surface area contributed by atoms with E-state index in [1.54, 1.807) is 0 Å². The van der Waals surface area contributed by atoms with Gasteiger partial charge < -0.3 is 10.4 Å². The summed E-state index contributed by atoms with van der Waals surface area (Å²) in [6, 6.07) is 3.16. The minimum atomic E-state index is -1.05. The molecule has 0 saturated heterocycles. The van der Waals surface area contributed by atoms with Gasteiger partial charge in [0.25, 0.3) is 0 Å². The van der Waals surface area contributed by atoms with Crippen LogP contribution < -0.4 is 5.32 Å². The molecule has 0 heterocycles. The fourth-order valence-corrected chi connectivity index (χ4v) is 1.49. The van der Waals surface area contributed by atoms with Gasteiger partial charge in [0.05, 0.1) is 6.10 Å². The van der Waals surface area contributed by atoms with Gasteiger partial charge in [-0.05, 0) is 23.6 Å². The fraction of sp³-hybridized carbons (Fsp3) is 0.462. The van der Waals surface area contributed by atoms with Crippen molar-refractivity contribution in [1.29, 1.82) is 0 Å². The van der Waals surface area contributed by atoms with E-state index in [1.807, 2.05) is 13.8 Å². The van der Waals surface area contributed by atoms with Crippen LogP contribution in [0.1, 0.15) is 31.9 Å². The number of hydrogen-bond donors (Lipinski definition) is 2. The first-order chi connectivity index (χ1) is 8.40. The van der Waals surface area contributed by atoms with Crippen LogP contribution in [-0.4, -0.2) is 17.6 Å². The van der Waals surface area contributed by atoms with E-state index in [-0.39, 0.29) is 23.9 Å². The molecule has 0 aromatic heterocycles. The van der Waals surface area contributed by atoms with Gasteiger partial charge in [0.2, 0.25) is 5.91 Å². The molecule has 0 spiro atoms. The minimum absolute atomic E-state index is 0.0172. The van der Waals surface area contributed by atoms with E-state index in [4.69, 9.17) is 0 Å². The molecule has 2 N–H and O–H groups in total. The number of rotatable bonds is 5. The second-order valence-corrected chi connectivity index (χ2v) is 4.59. The van der Waals surface area contributed by atoms with Gasteiger partial charge in [-0.25, -0.2) is 8.78 Å². The lowest BCUT2D eigenvalue weighted by Gasteiger charge is -2.13. The Balaban J connectivity index is 2.52. The molecular formula is C13H17F2NO2. The molecule has 0 aliphatic heterocycles. The third-order valence-electron chi connectivity index (χ3n) is 2.41. The highest BCUT2D eigenvalue weighted by molar-refractivity contribution is 5.76. The third kappa shape index (κ3) is 4.41. The van der Waals surface area contributed by atoms with Crippen LogP contribution in [0.3, 0.4) is 0 Å². The molecule has 0 aliphatic rings. The number of carbonyl (C=O) groups excluding carboxylic acids is 1. The average Bonchev–Trinajstić information content (AvgIpc) is 2.28. The molecule has 18 heavy (non-hydrogen) atoms. The van der Waals surface area contributed by atoms with Gasteiger partial charge in [-0.2, -0.15) is 0 Å². The summed E-state index contributed by atoms with van der Waals surface area (Å²) in [6.07, 6.45) is -0.680. The summed E-state index contributed by atoms with van der Waals surface area (Å²) in [5.74, 6) is -1.92. The van der Waals surface area contributed by atoms with E-state index in [1.165, 1.54) is 6.07 Å². The van der Waals surface area contributed by atoms with Crippen molar-refractivity contribution in [3.63, 3.8) is 0 Å². The number of benzene rings is 1. The van der Waals surface area contributed by atoms with Crippen molar-refractivity contribution < 1.29 is 18.7 Å². The average molecular weight is 257 g/mol. The zero-order valence-electron chi connectivity index (χ0n) is 10.4. The molecular weight excluding hydrogens is 240 g/mol. The van der Waals surface area contributed by atoms with E-state index in [0.717, 1.165) is 12.1 Å². The lowest BCUT2D eigenvalue weighted by Crippen LogP contribution is -2.29. The van der Waals surface area contributed by atoms with E-state index in [0.29, 0.717) is 6.42 Å². The summed E-state index contributed by atoms with van der Waals surface area (Å²) >= 11 is 0. The lowest BCUT2D eigenvalue weighted by molar-refractivity contribution is -0.122. The largest absolute Gasteiger partial charge is 0.387 e. The zero-order valence-corrected chi connectivity index (χ0v) is 10.4. The predicted octanol–water partition coefficient (Wildman–Crippen LogP) is 2.16. The van der Waals surface area contributed by atoms with Crippen molar-refractivity contribution in [1.82, 2.24) is 5.32 Å². The first-order valence-electron chi connectivity index (χ1n) is 5.80. The topological polar surface area (TPSA) is 49.3 Å². The first kappa shape index (κ1) is 14.6. The van der Waals surface area contributed by atoms with Crippen LogP contribution in [0.2, 0.25) is 0 Å². The minimum Gasteiger partial charge on any atom is -0.387 e. The Labute approximate surface area is 105 Å². The van der Waals surface area contributed by atoms with Crippen LogP contribution in [0, 0.1) is 17.6 Å². The van der Waals surface area contributed by atoms with Crippen molar-refractivity contribution in [2.24, 2.45) is 5.92 Å². The Bertz CT molecular complexity index is 421. The van der Waals surface area contributed by atoms with E-state index < -0.39 is 17.7 Å². The normalized spacial score (nSPS) is 12.6. The maximum atomic E-state index is 12.9. The number of halogens is 2.